The summed E-state index contributed by atoms with van der Waals surface area (Å²) in [6.07, 6.45) is 5.60. The molecule has 3 rings (SSSR count). The van der Waals surface area contributed by atoms with E-state index in [9.17, 15) is 9.59 Å². The summed E-state index contributed by atoms with van der Waals surface area (Å²) in [4.78, 5) is 25.2. The van der Waals surface area contributed by atoms with Crippen molar-refractivity contribution >= 4 is 28.0 Å². The van der Waals surface area contributed by atoms with Gasteiger partial charge in [0.25, 0.3) is 0 Å². The summed E-state index contributed by atoms with van der Waals surface area (Å²) in [7, 11) is 0. The number of nitrogens with one attached hydrogen (secondary N) is 1. The van der Waals surface area contributed by atoms with Crippen molar-refractivity contribution in [2.45, 2.75) is 32.6 Å². The Morgan fingerprint density at radius 1 is 1.30 bits per heavy atom. The van der Waals surface area contributed by atoms with Gasteiger partial charge >= 0.3 is 0 Å². The normalized spacial score (nSPS) is 13.8. The Balaban J connectivity index is 2.09. The zero-order valence-corrected chi connectivity index (χ0v) is 12.0. The summed E-state index contributed by atoms with van der Waals surface area (Å²) >= 11 is 1.52. The molecule has 0 radical (unpaired) electrons. The third kappa shape index (κ3) is 2.29. The highest BCUT2D eigenvalue weighted by Crippen LogP contribution is 2.39. The first-order chi connectivity index (χ1) is 9.66. The molecule has 0 unspecified atom stereocenters. The zero-order valence-electron chi connectivity index (χ0n) is 11.2. The molecular formula is C15H15NO3S. The molecule has 2 aromatic rings. The molecule has 0 spiro atoms. The molecule has 0 saturated carbocycles. The molecule has 0 saturated heterocycles. The number of fused-ring (bicyclic) bond motifs is 1. The topological polar surface area (TPSA) is 59.3 Å². The number of thiophene rings is 1. The summed E-state index contributed by atoms with van der Waals surface area (Å²) in [5, 5.41) is 3.45. The van der Waals surface area contributed by atoms with Gasteiger partial charge in [0.05, 0.1) is 11.8 Å². The maximum atomic E-state index is 12.6. The molecule has 1 aliphatic rings. The lowest BCUT2D eigenvalue weighted by Gasteiger charge is -2.11. The highest BCUT2D eigenvalue weighted by Gasteiger charge is 2.27. The molecule has 1 amide bonds. The average molecular weight is 289 g/mol. The molecule has 2 heterocycles. The van der Waals surface area contributed by atoms with Crippen LogP contribution in [0, 0.1) is 0 Å². The minimum atomic E-state index is -0.155. The number of amides is 1. The van der Waals surface area contributed by atoms with E-state index >= 15 is 0 Å². The van der Waals surface area contributed by atoms with Crippen molar-refractivity contribution in [1.82, 2.24) is 0 Å². The van der Waals surface area contributed by atoms with E-state index in [0.717, 1.165) is 31.2 Å². The van der Waals surface area contributed by atoms with Crippen LogP contribution in [0.3, 0.4) is 0 Å². The first kappa shape index (κ1) is 13.1. The maximum absolute atomic E-state index is 12.6. The number of hydrogen-bond donors (Lipinski definition) is 1. The molecule has 0 aromatic carbocycles. The van der Waals surface area contributed by atoms with Crippen LogP contribution in [0.4, 0.5) is 5.00 Å². The van der Waals surface area contributed by atoms with E-state index in [1.165, 1.54) is 29.4 Å². The fourth-order valence-electron chi connectivity index (χ4n) is 2.58. The molecule has 1 N–H and O–H groups in total. The minimum Gasteiger partial charge on any atom is -0.461 e. The highest BCUT2D eigenvalue weighted by molar-refractivity contribution is 7.17. The molecule has 2 aromatic heterocycles. The minimum absolute atomic E-state index is 0.141. The van der Waals surface area contributed by atoms with Gasteiger partial charge in [-0.2, -0.15) is 0 Å². The highest BCUT2D eigenvalue weighted by atomic mass is 32.1. The van der Waals surface area contributed by atoms with Crippen LogP contribution in [0.5, 0.6) is 0 Å². The van der Waals surface area contributed by atoms with Crippen molar-refractivity contribution in [3.8, 4) is 0 Å². The Labute approximate surface area is 120 Å². The average Bonchev–Trinajstić information content (AvgIpc) is 3.04. The maximum Gasteiger partial charge on any atom is 0.231 e. The van der Waals surface area contributed by atoms with Gasteiger partial charge in [0.15, 0.2) is 5.76 Å². The van der Waals surface area contributed by atoms with Crippen molar-refractivity contribution < 1.29 is 14.0 Å². The SMILES string of the molecule is CC(=O)Nc1sc2c(c1C(=O)c1ccco1)CCCC2. The van der Waals surface area contributed by atoms with Crippen molar-refractivity contribution in [2.24, 2.45) is 0 Å². The monoisotopic (exact) mass is 289 g/mol. The number of aryl methyl sites for hydroxylation is 1. The zero-order chi connectivity index (χ0) is 14.1. The van der Waals surface area contributed by atoms with Gasteiger partial charge in [-0.05, 0) is 43.4 Å². The Bertz CT molecular complexity index is 655. The third-order valence-electron chi connectivity index (χ3n) is 3.43. The van der Waals surface area contributed by atoms with Crippen LogP contribution in [0.1, 0.15) is 46.3 Å². The molecule has 0 atom stereocenters. The van der Waals surface area contributed by atoms with Crippen LogP contribution in [0.25, 0.3) is 0 Å². The Morgan fingerprint density at radius 2 is 2.10 bits per heavy atom. The molecule has 0 aliphatic heterocycles. The number of anilines is 1. The van der Waals surface area contributed by atoms with Crippen LogP contribution >= 0.6 is 11.3 Å². The van der Waals surface area contributed by atoms with Gasteiger partial charge in [0, 0.05) is 11.8 Å². The fraction of sp³-hybridized carbons (Fsp3) is 0.333. The Kier molecular flexibility index (Phi) is 3.44. The van der Waals surface area contributed by atoms with Gasteiger partial charge < -0.3 is 9.73 Å². The van der Waals surface area contributed by atoms with Gasteiger partial charge in [0.1, 0.15) is 5.00 Å². The lowest BCUT2D eigenvalue weighted by Crippen LogP contribution is -2.11. The third-order valence-corrected chi connectivity index (χ3v) is 4.64. The van der Waals surface area contributed by atoms with Crippen LogP contribution in [0.15, 0.2) is 22.8 Å². The van der Waals surface area contributed by atoms with E-state index in [1.807, 2.05) is 0 Å². The Hall–Kier alpha value is -1.88. The van der Waals surface area contributed by atoms with Crippen LogP contribution in [-0.4, -0.2) is 11.7 Å². The van der Waals surface area contributed by atoms with Gasteiger partial charge in [0.2, 0.25) is 11.7 Å². The molecule has 20 heavy (non-hydrogen) atoms. The van der Waals surface area contributed by atoms with E-state index in [-0.39, 0.29) is 11.7 Å². The lowest BCUT2D eigenvalue weighted by molar-refractivity contribution is -0.114. The summed E-state index contributed by atoms with van der Waals surface area (Å²) < 4.78 is 5.21. The van der Waals surface area contributed by atoms with Crippen LogP contribution < -0.4 is 5.32 Å². The van der Waals surface area contributed by atoms with E-state index in [1.54, 1.807) is 12.1 Å². The fourth-order valence-corrected chi connectivity index (χ4v) is 3.92. The van der Waals surface area contributed by atoms with E-state index < -0.39 is 0 Å². The molecule has 4 nitrogen and oxygen atoms in total. The number of hydrogen-bond acceptors (Lipinski definition) is 4. The standard InChI is InChI=1S/C15H15NO3S/c1-9(17)16-15-13(14(18)11-6-4-8-19-11)10-5-2-3-7-12(10)20-15/h4,6,8H,2-3,5,7H2,1H3,(H,16,17). The summed E-state index contributed by atoms with van der Waals surface area (Å²) in [5.41, 5.74) is 1.71. The summed E-state index contributed by atoms with van der Waals surface area (Å²) in [6, 6.07) is 3.36. The second-order valence-electron chi connectivity index (χ2n) is 4.90. The summed E-state index contributed by atoms with van der Waals surface area (Å²) in [5.74, 6) is 0.0259. The van der Waals surface area contributed by atoms with Gasteiger partial charge in [-0.15, -0.1) is 11.3 Å². The van der Waals surface area contributed by atoms with E-state index in [4.69, 9.17) is 4.42 Å². The largest absolute Gasteiger partial charge is 0.461 e. The number of furan rings is 1. The van der Waals surface area contributed by atoms with Crippen molar-refractivity contribution in [1.29, 1.82) is 0 Å². The predicted molar refractivity (Wildman–Crippen MR) is 77.4 cm³/mol. The first-order valence-corrected chi connectivity index (χ1v) is 7.49. The van der Waals surface area contributed by atoms with E-state index in [0.29, 0.717) is 16.3 Å². The van der Waals surface area contributed by atoms with Gasteiger partial charge in [-0.3, -0.25) is 9.59 Å². The molecule has 5 heteroatoms. The molecular weight excluding hydrogens is 274 g/mol. The first-order valence-electron chi connectivity index (χ1n) is 6.67. The molecule has 0 bridgehead atoms. The number of carbonyl (C=O) groups is 2. The Morgan fingerprint density at radius 3 is 2.80 bits per heavy atom. The van der Waals surface area contributed by atoms with Crippen molar-refractivity contribution in [3.05, 3.63) is 40.2 Å². The molecule has 1 aliphatic carbocycles. The van der Waals surface area contributed by atoms with Crippen molar-refractivity contribution in [2.75, 3.05) is 5.32 Å². The number of rotatable bonds is 3. The van der Waals surface area contributed by atoms with Crippen LogP contribution in [-0.2, 0) is 17.6 Å². The summed E-state index contributed by atoms with van der Waals surface area (Å²) in [6.45, 7) is 1.46. The molecule has 0 fully saturated rings. The number of ketones is 1. The lowest BCUT2D eigenvalue weighted by atomic mass is 9.93. The predicted octanol–water partition coefficient (Wildman–Crippen LogP) is 3.41. The van der Waals surface area contributed by atoms with Crippen molar-refractivity contribution in [3.63, 3.8) is 0 Å². The van der Waals surface area contributed by atoms with E-state index in [2.05, 4.69) is 5.32 Å². The quantitative estimate of drug-likeness (QED) is 0.881. The van der Waals surface area contributed by atoms with Gasteiger partial charge in [-0.25, -0.2) is 0 Å². The second-order valence-corrected chi connectivity index (χ2v) is 6.01. The van der Waals surface area contributed by atoms with Crippen LogP contribution in [0.2, 0.25) is 0 Å². The smallest absolute Gasteiger partial charge is 0.231 e. The number of carbonyl (C=O) groups excluding carboxylic acids is 2. The molecule has 104 valence electrons. The van der Waals surface area contributed by atoms with Gasteiger partial charge in [-0.1, -0.05) is 0 Å². The second kappa shape index (κ2) is 5.25.